The van der Waals surface area contributed by atoms with Crippen LogP contribution in [0.3, 0.4) is 0 Å². The second kappa shape index (κ2) is 6.48. The SMILES string of the molecule is COc1cccc(C(O)C(=O)NC2CCCCC2(C)C)c1. The van der Waals surface area contributed by atoms with E-state index < -0.39 is 6.10 Å². The number of methoxy groups -OCH3 is 1. The van der Waals surface area contributed by atoms with Crippen molar-refractivity contribution in [1.82, 2.24) is 5.32 Å². The Morgan fingerprint density at radius 2 is 2.19 bits per heavy atom. The van der Waals surface area contributed by atoms with Gasteiger partial charge < -0.3 is 15.2 Å². The fourth-order valence-electron chi connectivity index (χ4n) is 2.98. The van der Waals surface area contributed by atoms with Crippen molar-refractivity contribution < 1.29 is 14.6 Å². The molecule has 0 radical (unpaired) electrons. The predicted molar refractivity (Wildman–Crippen MR) is 82.1 cm³/mol. The number of carbonyl (C=O) groups excluding carboxylic acids is 1. The first kappa shape index (κ1) is 15.8. The van der Waals surface area contributed by atoms with E-state index in [4.69, 9.17) is 4.74 Å². The Morgan fingerprint density at radius 3 is 2.86 bits per heavy atom. The normalized spacial score (nSPS) is 22.4. The maximum atomic E-state index is 12.3. The standard InChI is InChI=1S/C17H25NO3/c1-17(2)10-5-4-9-14(17)18-16(20)15(19)12-7-6-8-13(11-12)21-3/h6-8,11,14-15,19H,4-5,9-10H2,1-3H3,(H,18,20). The van der Waals surface area contributed by atoms with Gasteiger partial charge in [0.2, 0.25) is 0 Å². The van der Waals surface area contributed by atoms with Crippen LogP contribution in [0.25, 0.3) is 0 Å². The molecule has 0 aromatic heterocycles. The highest BCUT2D eigenvalue weighted by atomic mass is 16.5. The third kappa shape index (κ3) is 3.76. The summed E-state index contributed by atoms with van der Waals surface area (Å²) in [6, 6.07) is 7.11. The summed E-state index contributed by atoms with van der Waals surface area (Å²) in [7, 11) is 1.57. The smallest absolute Gasteiger partial charge is 0.253 e. The van der Waals surface area contributed by atoms with Gasteiger partial charge in [-0.1, -0.05) is 38.8 Å². The molecule has 2 unspecified atom stereocenters. The zero-order valence-electron chi connectivity index (χ0n) is 13.1. The van der Waals surface area contributed by atoms with Gasteiger partial charge in [0, 0.05) is 6.04 Å². The summed E-state index contributed by atoms with van der Waals surface area (Å²) in [4.78, 5) is 12.3. The molecule has 0 spiro atoms. The first-order valence-electron chi connectivity index (χ1n) is 7.56. The number of aliphatic hydroxyl groups excluding tert-OH is 1. The molecule has 2 rings (SSSR count). The monoisotopic (exact) mass is 291 g/mol. The Kier molecular flexibility index (Phi) is 4.88. The number of nitrogens with one attached hydrogen (secondary N) is 1. The molecule has 0 heterocycles. The van der Waals surface area contributed by atoms with Crippen LogP contribution in [0.15, 0.2) is 24.3 Å². The molecule has 4 heteroatoms. The van der Waals surface area contributed by atoms with Crippen LogP contribution >= 0.6 is 0 Å². The number of carbonyl (C=O) groups is 1. The molecule has 1 amide bonds. The number of hydrogen-bond acceptors (Lipinski definition) is 3. The quantitative estimate of drug-likeness (QED) is 0.897. The lowest BCUT2D eigenvalue weighted by molar-refractivity contribution is -0.131. The van der Waals surface area contributed by atoms with Crippen LogP contribution in [0.2, 0.25) is 0 Å². The average molecular weight is 291 g/mol. The van der Waals surface area contributed by atoms with E-state index in [0.29, 0.717) is 11.3 Å². The van der Waals surface area contributed by atoms with E-state index in [1.807, 2.05) is 0 Å². The second-order valence-corrected chi connectivity index (χ2v) is 6.47. The van der Waals surface area contributed by atoms with E-state index in [1.54, 1.807) is 31.4 Å². The van der Waals surface area contributed by atoms with Gasteiger partial charge in [0.25, 0.3) is 5.91 Å². The minimum absolute atomic E-state index is 0.0853. The third-order valence-corrected chi connectivity index (χ3v) is 4.48. The molecule has 1 fully saturated rings. The van der Waals surface area contributed by atoms with E-state index in [1.165, 1.54) is 6.42 Å². The van der Waals surface area contributed by atoms with Crippen molar-refractivity contribution in [2.75, 3.05) is 7.11 Å². The van der Waals surface area contributed by atoms with Crippen molar-refractivity contribution in [2.24, 2.45) is 5.41 Å². The van der Waals surface area contributed by atoms with Crippen molar-refractivity contribution in [1.29, 1.82) is 0 Å². The minimum Gasteiger partial charge on any atom is -0.497 e. The zero-order valence-corrected chi connectivity index (χ0v) is 13.1. The van der Waals surface area contributed by atoms with Gasteiger partial charge in [-0.15, -0.1) is 0 Å². The van der Waals surface area contributed by atoms with Crippen LogP contribution in [-0.4, -0.2) is 24.2 Å². The van der Waals surface area contributed by atoms with Crippen LogP contribution in [0, 0.1) is 5.41 Å². The molecule has 0 bridgehead atoms. The molecule has 1 aromatic rings. The van der Waals surface area contributed by atoms with Crippen molar-refractivity contribution in [3.8, 4) is 5.75 Å². The van der Waals surface area contributed by atoms with Gasteiger partial charge in [-0.2, -0.15) is 0 Å². The van der Waals surface area contributed by atoms with Gasteiger partial charge in [0.1, 0.15) is 5.75 Å². The Bertz CT molecular complexity index is 499. The van der Waals surface area contributed by atoms with Crippen molar-refractivity contribution in [2.45, 2.75) is 51.7 Å². The van der Waals surface area contributed by atoms with Crippen LogP contribution in [0.1, 0.15) is 51.2 Å². The van der Waals surface area contributed by atoms with Crippen molar-refractivity contribution in [3.05, 3.63) is 29.8 Å². The summed E-state index contributed by atoms with van der Waals surface area (Å²) in [6.45, 7) is 4.35. The summed E-state index contributed by atoms with van der Waals surface area (Å²) < 4.78 is 5.12. The summed E-state index contributed by atoms with van der Waals surface area (Å²) in [5.41, 5.74) is 0.641. The largest absolute Gasteiger partial charge is 0.497 e. The number of hydrogen-bond donors (Lipinski definition) is 2. The van der Waals surface area contributed by atoms with E-state index in [-0.39, 0.29) is 17.4 Å². The zero-order chi connectivity index (χ0) is 15.5. The highest BCUT2D eigenvalue weighted by molar-refractivity contribution is 5.82. The molecule has 0 aliphatic heterocycles. The Morgan fingerprint density at radius 1 is 1.43 bits per heavy atom. The maximum Gasteiger partial charge on any atom is 0.253 e. The summed E-state index contributed by atoms with van der Waals surface area (Å²) in [6.07, 6.45) is 3.26. The summed E-state index contributed by atoms with van der Waals surface area (Å²) in [5.74, 6) is 0.306. The molecule has 4 nitrogen and oxygen atoms in total. The molecular weight excluding hydrogens is 266 g/mol. The molecule has 21 heavy (non-hydrogen) atoms. The van der Waals surface area contributed by atoms with Gasteiger partial charge in [0.05, 0.1) is 7.11 Å². The second-order valence-electron chi connectivity index (χ2n) is 6.47. The Hall–Kier alpha value is -1.55. The van der Waals surface area contributed by atoms with Gasteiger partial charge in [0.15, 0.2) is 6.10 Å². The number of amides is 1. The Labute approximate surface area is 126 Å². The lowest BCUT2D eigenvalue weighted by Crippen LogP contribution is -2.48. The number of aliphatic hydroxyl groups is 1. The van der Waals surface area contributed by atoms with Crippen molar-refractivity contribution in [3.63, 3.8) is 0 Å². The molecule has 1 aliphatic carbocycles. The van der Waals surface area contributed by atoms with Crippen LogP contribution in [-0.2, 0) is 4.79 Å². The molecule has 1 aromatic carbocycles. The number of benzene rings is 1. The topological polar surface area (TPSA) is 58.6 Å². The number of ether oxygens (including phenoxy) is 1. The molecular formula is C17H25NO3. The molecule has 2 N–H and O–H groups in total. The molecule has 2 atom stereocenters. The first-order chi connectivity index (χ1) is 9.94. The van der Waals surface area contributed by atoms with Crippen LogP contribution in [0.4, 0.5) is 0 Å². The van der Waals surface area contributed by atoms with Gasteiger partial charge >= 0.3 is 0 Å². The minimum atomic E-state index is -1.15. The molecule has 116 valence electrons. The molecule has 0 saturated heterocycles. The summed E-state index contributed by atoms with van der Waals surface area (Å²) in [5, 5.41) is 13.3. The van der Waals surface area contributed by atoms with Crippen LogP contribution in [0.5, 0.6) is 5.75 Å². The molecule has 1 aliphatic rings. The Balaban J connectivity index is 2.05. The fourth-order valence-corrected chi connectivity index (χ4v) is 2.98. The lowest BCUT2D eigenvalue weighted by atomic mass is 9.73. The first-order valence-corrected chi connectivity index (χ1v) is 7.56. The van der Waals surface area contributed by atoms with E-state index in [9.17, 15) is 9.90 Å². The van der Waals surface area contributed by atoms with E-state index in [2.05, 4.69) is 19.2 Å². The lowest BCUT2D eigenvalue weighted by Gasteiger charge is -2.39. The molecule has 1 saturated carbocycles. The third-order valence-electron chi connectivity index (χ3n) is 4.48. The average Bonchev–Trinajstić information content (AvgIpc) is 2.48. The van der Waals surface area contributed by atoms with E-state index in [0.717, 1.165) is 19.3 Å². The highest BCUT2D eigenvalue weighted by Gasteiger charge is 2.34. The number of rotatable bonds is 4. The van der Waals surface area contributed by atoms with Gasteiger partial charge in [-0.3, -0.25) is 4.79 Å². The van der Waals surface area contributed by atoms with Gasteiger partial charge in [-0.25, -0.2) is 0 Å². The van der Waals surface area contributed by atoms with E-state index >= 15 is 0 Å². The predicted octanol–water partition coefficient (Wildman–Crippen LogP) is 2.81. The maximum absolute atomic E-state index is 12.3. The van der Waals surface area contributed by atoms with Crippen LogP contribution < -0.4 is 10.1 Å². The van der Waals surface area contributed by atoms with Crippen molar-refractivity contribution >= 4 is 5.91 Å². The fraction of sp³-hybridized carbons (Fsp3) is 0.588. The summed E-state index contributed by atoms with van der Waals surface area (Å²) >= 11 is 0. The highest BCUT2D eigenvalue weighted by Crippen LogP contribution is 2.35. The van der Waals surface area contributed by atoms with Gasteiger partial charge in [-0.05, 0) is 36.0 Å².